The second-order valence-corrected chi connectivity index (χ2v) is 10.7. The summed E-state index contributed by atoms with van der Waals surface area (Å²) in [6.45, 7) is 15.1. The van der Waals surface area contributed by atoms with Gasteiger partial charge in [0.05, 0.1) is 11.1 Å². The quantitative estimate of drug-likeness (QED) is 0.248. The molecule has 0 amide bonds. The molecule has 0 saturated heterocycles. The van der Waals surface area contributed by atoms with Crippen molar-refractivity contribution in [2.45, 2.75) is 79.1 Å². The van der Waals surface area contributed by atoms with Crippen molar-refractivity contribution in [2.75, 3.05) is 0 Å². The third-order valence-corrected chi connectivity index (χ3v) is 8.23. The van der Waals surface area contributed by atoms with Gasteiger partial charge in [-0.1, -0.05) is 70.5 Å². The van der Waals surface area contributed by atoms with E-state index < -0.39 is 17.4 Å². The first-order valence-corrected chi connectivity index (χ1v) is 12.5. The first-order chi connectivity index (χ1) is 17.1. The number of rotatable bonds is 11. The average molecular weight is 507 g/mol. The van der Waals surface area contributed by atoms with Gasteiger partial charge in [-0.2, -0.15) is 0 Å². The van der Waals surface area contributed by atoms with Crippen LogP contribution in [-0.2, 0) is 10.8 Å². The van der Waals surface area contributed by atoms with Gasteiger partial charge in [0.2, 0.25) is 0 Å². The van der Waals surface area contributed by atoms with Crippen LogP contribution in [0, 0.1) is 5.92 Å². The lowest BCUT2D eigenvalue weighted by Crippen LogP contribution is -2.28. The molecule has 2 rings (SSSR count). The zero-order valence-electron chi connectivity index (χ0n) is 23.1. The van der Waals surface area contributed by atoms with Crippen molar-refractivity contribution in [3.63, 3.8) is 0 Å². The Morgan fingerprint density at radius 2 is 1.22 bits per heavy atom. The normalized spacial score (nSPS) is 14.5. The Bertz CT molecular complexity index is 1270. The highest BCUT2D eigenvalue weighted by atomic mass is 16.4. The summed E-state index contributed by atoms with van der Waals surface area (Å²) in [7, 11) is 0. The largest absolute Gasteiger partial charge is 0.478 e. The Hall–Kier alpha value is -3.54. The molecule has 0 heterocycles. The van der Waals surface area contributed by atoms with Crippen LogP contribution in [0.2, 0.25) is 0 Å². The van der Waals surface area contributed by atoms with Gasteiger partial charge in [0.1, 0.15) is 0 Å². The lowest BCUT2D eigenvalue weighted by Gasteiger charge is -2.34. The molecule has 2 atom stereocenters. The maximum absolute atomic E-state index is 11.9. The third kappa shape index (κ3) is 6.07. The van der Waals surface area contributed by atoms with E-state index in [1.807, 2.05) is 26.0 Å². The molecular weight excluding hydrogens is 468 g/mol. The molecule has 0 aliphatic rings. The minimum Gasteiger partial charge on any atom is -0.478 e. The fraction of sp³-hybridized carbons (Fsp3) is 0.419. The summed E-state index contributed by atoms with van der Waals surface area (Å²) in [4.78, 5) is 47.4. The molecule has 0 bridgehead atoms. The van der Waals surface area contributed by atoms with Gasteiger partial charge >= 0.3 is 11.9 Å². The van der Waals surface area contributed by atoms with Crippen LogP contribution in [0.25, 0.3) is 0 Å². The second-order valence-electron chi connectivity index (χ2n) is 10.7. The van der Waals surface area contributed by atoms with E-state index in [-0.39, 0.29) is 45.2 Å². The van der Waals surface area contributed by atoms with Gasteiger partial charge in [0.15, 0.2) is 11.6 Å². The molecule has 0 aromatic heterocycles. The SMILES string of the molecule is CCC(C)(/C(C)=C/CC(C)C(C)(C)c1ccc(C(C)=O)c(C(=O)O)c1)c1ccc(C(C)=O)c(C(=O)O)c1. The number of carbonyl (C=O) groups is 4. The smallest absolute Gasteiger partial charge is 0.336 e. The maximum atomic E-state index is 11.9. The number of Topliss-reactive ketones (excluding diaryl/α,β-unsaturated/α-hetero) is 2. The number of ketones is 2. The van der Waals surface area contributed by atoms with Crippen molar-refractivity contribution >= 4 is 23.5 Å². The molecule has 2 unspecified atom stereocenters. The number of benzene rings is 2. The number of aromatic carboxylic acids is 2. The van der Waals surface area contributed by atoms with Gasteiger partial charge in [0.25, 0.3) is 0 Å². The second kappa shape index (κ2) is 11.2. The zero-order chi connectivity index (χ0) is 28.3. The first-order valence-electron chi connectivity index (χ1n) is 12.5. The molecule has 2 aromatic rings. The number of carboxylic acid groups (broad SMARTS) is 2. The van der Waals surface area contributed by atoms with Crippen molar-refractivity contribution in [3.8, 4) is 0 Å². The number of allylic oxidation sites excluding steroid dienone is 2. The highest BCUT2D eigenvalue weighted by Crippen LogP contribution is 2.39. The van der Waals surface area contributed by atoms with E-state index in [0.29, 0.717) is 6.42 Å². The van der Waals surface area contributed by atoms with Crippen molar-refractivity contribution < 1.29 is 29.4 Å². The minimum atomic E-state index is -1.13. The molecule has 0 aliphatic heterocycles. The predicted octanol–water partition coefficient (Wildman–Crippen LogP) is 7.11. The fourth-order valence-electron chi connectivity index (χ4n) is 4.67. The monoisotopic (exact) mass is 506 g/mol. The van der Waals surface area contributed by atoms with Crippen LogP contribution < -0.4 is 0 Å². The Morgan fingerprint density at radius 1 is 0.784 bits per heavy atom. The zero-order valence-corrected chi connectivity index (χ0v) is 23.1. The van der Waals surface area contributed by atoms with Crippen LogP contribution in [0.1, 0.15) is 121 Å². The van der Waals surface area contributed by atoms with E-state index >= 15 is 0 Å². The van der Waals surface area contributed by atoms with E-state index in [1.54, 1.807) is 24.3 Å². The van der Waals surface area contributed by atoms with Gasteiger partial charge in [-0.15, -0.1) is 0 Å². The summed E-state index contributed by atoms with van der Waals surface area (Å²) in [5.41, 5.74) is 2.38. The van der Waals surface area contributed by atoms with Gasteiger partial charge < -0.3 is 10.2 Å². The van der Waals surface area contributed by atoms with Crippen LogP contribution in [0.5, 0.6) is 0 Å². The molecule has 0 spiro atoms. The fourth-order valence-corrected chi connectivity index (χ4v) is 4.67. The molecular formula is C31H38O6. The summed E-state index contributed by atoms with van der Waals surface area (Å²) in [6, 6.07) is 10.1. The molecule has 0 fully saturated rings. The topological polar surface area (TPSA) is 109 Å². The van der Waals surface area contributed by atoms with E-state index in [9.17, 15) is 29.4 Å². The van der Waals surface area contributed by atoms with Gasteiger partial charge in [-0.25, -0.2) is 9.59 Å². The van der Waals surface area contributed by atoms with Crippen LogP contribution in [0.3, 0.4) is 0 Å². The van der Waals surface area contributed by atoms with Crippen molar-refractivity contribution in [3.05, 3.63) is 81.4 Å². The lowest BCUT2D eigenvalue weighted by atomic mass is 9.70. The van der Waals surface area contributed by atoms with Gasteiger partial charge in [0, 0.05) is 16.5 Å². The lowest BCUT2D eigenvalue weighted by molar-refractivity contribution is 0.0683. The Morgan fingerprint density at radius 3 is 1.62 bits per heavy atom. The number of carboxylic acids is 2. The highest BCUT2D eigenvalue weighted by Gasteiger charge is 2.32. The number of carbonyl (C=O) groups excluding carboxylic acids is 2. The minimum absolute atomic E-state index is 0.00946. The summed E-state index contributed by atoms with van der Waals surface area (Å²) >= 11 is 0. The molecule has 0 aliphatic carbocycles. The number of hydrogen-bond acceptors (Lipinski definition) is 4. The molecule has 6 nitrogen and oxygen atoms in total. The summed E-state index contributed by atoms with van der Waals surface area (Å²) in [5, 5.41) is 19.3. The summed E-state index contributed by atoms with van der Waals surface area (Å²) < 4.78 is 0. The van der Waals surface area contributed by atoms with Crippen LogP contribution in [0.15, 0.2) is 48.0 Å². The standard InChI is InChI=1S/C31H38O6/c1-9-31(8,23-13-15-25(21(5)33)27(17-23)29(36)37)19(3)11-10-18(2)30(6,7)22-12-14-24(20(4)32)26(16-22)28(34)35/h11-18H,9-10H2,1-8H3,(H,34,35)(H,36,37)/b19-11+. The Kier molecular flexibility index (Phi) is 9.02. The molecule has 0 radical (unpaired) electrons. The molecule has 2 aromatic carbocycles. The van der Waals surface area contributed by atoms with Crippen LogP contribution >= 0.6 is 0 Å². The molecule has 6 heteroatoms. The van der Waals surface area contributed by atoms with E-state index in [1.165, 1.54) is 13.8 Å². The first kappa shape index (κ1) is 29.7. The highest BCUT2D eigenvalue weighted by molar-refractivity contribution is 6.05. The van der Waals surface area contributed by atoms with Crippen molar-refractivity contribution in [2.24, 2.45) is 5.92 Å². The van der Waals surface area contributed by atoms with Crippen molar-refractivity contribution in [1.82, 2.24) is 0 Å². The van der Waals surface area contributed by atoms with E-state index in [2.05, 4.69) is 33.8 Å². The van der Waals surface area contributed by atoms with Gasteiger partial charge in [-0.3, -0.25) is 9.59 Å². The molecule has 2 N–H and O–H groups in total. The van der Waals surface area contributed by atoms with Crippen molar-refractivity contribution in [1.29, 1.82) is 0 Å². The molecule has 37 heavy (non-hydrogen) atoms. The Balaban J connectivity index is 2.41. The molecule has 198 valence electrons. The third-order valence-electron chi connectivity index (χ3n) is 8.23. The van der Waals surface area contributed by atoms with E-state index in [4.69, 9.17) is 0 Å². The van der Waals surface area contributed by atoms with Crippen LogP contribution in [-0.4, -0.2) is 33.7 Å². The number of hydrogen-bond donors (Lipinski definition) is 2. The van der Waals surface area contributed by atoms with Gasteiger partial charge in [-0.05, 0) is 68.2 Å². The summed E-state index contributed by atoms with van der Waals surface area (Å²) in [6.07, 6.45) is 3.61. The summed E-state index contributed by atoms with van der Waals surface area (Å²) in [5.74, 6) is -2.69. The Labute approximate surface area is 219 Å². The maximum Gasteiger partial charge on any atom is 0.336 e. The van der Waals surface area contributed by atoms with E-state index in [0.717, 1.165) is 23.1 Å². The predicted molar refractivity (Wildman–Crippen MR) is 145 cm³/mol. The van der Waals surface area contributed by atoms with Crippen LogP contribution in [0.4, 0.5) is 0 Å². The molecule has 0 saturated carbocycles. The average Bonchev–Trinajstić information content (AvgIpc) is 2.85.